The third kappa shape index (κ3) is 5.11. The summed E-state index contributed by atoms with van der Waals surface area (Å²) in [5.74, 6) is -2.13. The van der Waals surface area contributed by atoms with E-state index in [0.717, 1.165) is 29.2 Å². The van der Waals surface area contributed by atoms with Crippen LogP contribution in [0.1, 0.15) is 48.0 Å². The van der Waals surface area contributed by atoms with Crippen LogP contribution in [-0.2, 0) is 13.6 Å². The molecule has 1 aliphatic rings. The summed E-state index contributed by atoms with van der Waals surface area (Å²) in [5.41, 5.74) is 1.14. The molecular formula is C31H29F2N5O3. The Balaban J connectivity index is 1.38. The quantitative estimate of drug-likeness (QED) is 0.305. The molecule has 1 saturated carbocycles. The number of amides is 1. The Morgan fingerprint density at radius 1 is 1.05 bits per heavy atom. The van der Waals surface area contributed by atoms with Crippen molar-refractivity contribution in [2.45, 2.75) is 50.8 Å². The van der Waals surface area contributed by atoms with E-state index in [2.05, 4.69) is 15.4 Å². The summed E-state index contributed by atoms with van der Waals surface area (Å²) in [7, 11) is 1.78. The first-order valence-electron chi connectivity index (χ1n) is 13.7. The smallest absolute Gasteiger partial charge is 0.260 e. The molecule has 2 aromatic carbocycles. The molecule has 2 atom stereocenters. The standard InChI is InChI=1S/C31H29F2N5O3/c1-37-15-21-19(7-5-10-26(21)36-37)18-13-24(32)22(25(33)14-18)16-38-17-23(29-20(31(38)41)8-6-12-34-29)30(40)35-27-9-3-2-4-11-28(27)39/h5-8,10,12-15,17,27-28,39H,2-4,9,11,16H2,1H3,(H,35,40)/t27-,28-/m0/s1. The number of hydrogen-bond acceptors (Lipinski definition) is 5. The molecule has 6 rings (SSSR count). The largest absolute Gasteiger partial charge is 0.391 e. The van der Waals surface area contributed by atoms with Gasteiger partial charge in [-0.05, 0) is 54.3 Å². The highest BCUT2D eigenvalue weighted by Gasteiger charge is 2.26. The third-order valence-electron chi connectivity index (χ3n) is 7.82. The minimum atomic E-state index is -0.813. The molecule has 3 aromatic heterocycles. The average molecular weight is 558 g/mol. The fourth-order valence-corrected chi connectivity index (χ4v) is 5.70. The van der Waals surface area contributed by atoms with Gasteiger partial charge in [0.25, 0.3) is 11.5 Å². The van der Waals surface area contributed by atoms with E-state index < -0.39 is 41.8 Å². The minimum absolute atomic E-state index is 0.0948. The fourth-order valence-electron chi connectivity index (χ4n) is 5.70. The lowest BCUT2D eigenvalue weighted by Gasteiger charge is -2.22. The van der Waals surface area contributed by atoms with Gasteiger partial charge in [-0.2, -0.15) is 5.10 Å². The van der Waals surface area contributed by atoms with E-state index in [9.17, 15) is 14.7 Å². The normalized spacial score (nSPS) is 17.6. The maximum absolute atomic E-state index is 15.5. The van der Waals surface area contributed by atoms with Gasteiger partial charge in [-0.25, -0.2) is 8.78 Å². The first-order valence-corrected chi connectivity index (χ1v) is 13.7. The topological polar surface area (TPSA) is 102 Å². The van der Waals surface area contributed by atoms with E-state index in [1.54, 1.807) is 36.1 Å². The number of rotatable bonds is 5. The number of aliphatic hydroxyl groups excluding tert-OH is 1. The molecule has 0 radical (unpaired) electrons. The van der Waals surface area contributed by atoms with Crippen LogP contribution in [0.4, 0.5) is 8.78 Å². The van der Waals surface area contributed by atoms with Crippen molar-refractivity contribution in [1.29, 1.82) is 0 Å². The highest BCUT2D eigenvalue weighted by molar-refractivity contribution is 6.05. The first-order chi connectivity index (χ1) is 19.8. The van der Waals surface area contributed by atoms with E-state index in [4.69, 9.17) is 0 Å². The summed E-state index contributed by atoms with van der Waals surface area (Å²) >= 11 is 0. The monoisotopic (exact) mass is 557 g/mol. The number of nitrogens with zero attached hydrogens (tertiary/aromatic N) is 4. The Kier molecular flexibility index (Phi) is 7.08. The Morgan fingerprint density at radius 2 is 1.83 bits per heavy atom. The molecule has 0 bridgehead atoms. The number of aromatic nitrogens is 4. The molecule has 0 unspecified atom stereocenters. The van der Waals surface area contributed by atoms with E-state index in [1.165, 1.54) is 30.6 Å². The summed E-state index contributed by atoms with van der Waals surface area (Å²) in [6.07, 6.45) is 7.85. The predicted octanol–water partition coefficient (Wildman–Crippen LogP) is 4.70. The number of halogens is 2. The number of carbonyl (C=O) groups is 1. The zero-order chi connectivity index (χ0) is 28.7. The van der Waals surface area contributed by atoms with Gasteiger partial charge in [0.2, 0.25) is 0 Å². The molecule has 2 N–H and O–H groups in total. The Bertz CT molecular complexity index is 1820. The van der Waals surface area contributed by atoms with Gasteiger partial charge in [0.1, 0.15) is 11.6 Å². The van der Waals surface area contributed by atoms with Crippen molar-refractivity contribution in [2.24, 2.45) is 7.05 Å². The molecule has 5 aromatic rings. The third-order valence-corrected chi connectivity index (χ3v) is 7.82. The van der Waals surface area contributed by atoms with Gasteiger partial charge >= 0.3 is 0 Å². The number of fused-ring (bicyclic) bond motifs is 2. The van der Waals surface area contributed by atoms with Crippen molar-refractivity contribution in [3.63, 3.8) is 0 Å². The van der Waals surface area contributed by atoms with Crippen molar-refractivity contribution < 1.29 is 18.7 Å². The molecule has 1 fully saturated rings. The van der Waals surface area contributed by atoms with Crippen LogP contribution in [0.2, 0.25) is 0 Å². The van der Waals surface area contributed by atoms with Gasteiger partial charge in [0.05, 0.1) is 40.7 Å². The van der Waals surface area contributed by atoms with Crippen LogP contribution >= 0.6 is 0 Å². The van der Waals surface area contributed by atoms with Gasteiger partial charge < -0.3 is 15.0 Å². The van der Waals surface area contributed by atoms with Crippen LogP contribution in [0.5, 0.6) is 0 Å². The molecule has 0 saturated heterocycles. The van der Waals surface area contributed by atoms with E-state index in [1.807, 2.05) is 6.07 Å². The number of pyridine rings is 2. The van der Waals surface area contributed by atoms with Crippen molar-refractivity contribution in [3.8, 4) is 11.1 Å². The second-order valence-corrected chi connectivity index (χ2v) is 10.6. The molecule has 8 nitrogen and oxygen atoms in total. The summed E-state index contributed by atoms with van der Waals surface area (Å²) in [5, 5.41) is 18.7. The van der Waals surface area contributed by atoms with Crippen LogP contribution in [0.25, 0.3) is 32.9 Å². The maximum Gasteiger partial charge on any atom is 0.260 e. The van der Waals surface area contributed by atoms with Crippen LogP contribution in [0.15, 0.2) is 65.8 Å². The fraction of sp³-hybridized carbons (Fsp3) is 0.290. The summed E-state index contributed by atoms with van der Waals surface area (Å²) in [6, 6.07) is 10.5. The second kappa shape index (κ2) is 10.9. The summed E-state index contributed by atoms with van der Waals surface area (Å²) in [6.45, 7) is -0.426. The van der Waals surface area contributed by atoms with Crippen LogP contribution in [-0.4, -0.2) is 42.5 Å². The zero-order valence-electron chi connectivity index (χ0n) is 22.5. The van der Waals surface area contributed by atoms with Gasteiger partial charge in [0, 0.05) is 36.6 Å². The summed E-state index contributed by atoms with van der Waals surface area (Å²) in [4.78, 5) is 31.0. The highest BCUT2D eigenvalue weighted by atomic mass is 19.1. The second-order valence-electron chi connectivity index (χ2n) is 10.6. The van der Waals surface area contributed by atoms with Crippen LogP contribution in [0, 0.1) is 11.6 Å². The number of aliphatic hydroxyl groups is 1. The van der Waals surface area contributed by atoms with Gasteiger partial charge in [0.15, 0.2) is 0 Å². The number of benzene rings is 2. The van der Waals surface area contributed by atoms with E-state index >= 15 is 8.78 Å². The van der Waals surface area contributed by atoms with Crippen molar-refractivity contribution in [2.75, 3.05) is 0 Å². The number of carbonyl (C=O) groups excluding carboxylic acids is 1. The van der Waals surface area contributed by atoms with Gasteiger partial charge in [-0.1, -0.05) is 31.4 Å². The molecule has 210 valence electrons. The Labute approximate surface area is 234 Å². The van der Waals surface area contributed by atoms with Crippen molar-refractivity contribution in [1.82, 2.24) is 24.6 Å². The zero-order valence-corrected chi connectivity index (χ0v) is 22.5. The highest BCUT2D eigenvalue weighted by Crippen LogP contribution is 2.31. The maximum atomic E-state index is 15.5. The average Bonchev–Trinajstić information content (AvgIpc) is 3.23. The molecular weight excluding hydrogens is 528 g/mol. The molecule has 1 amide bonds. The number of nitrogens with one attached hydrogen (secondary N) is 1. The van der Waals surface area contributed by atoms with Gasteiger partial charge in [-0.3, -0.25) is 19.3 Å². The van der Waals surface area contributed by atoms with Crippen molar-refractivity contribution >= 4 is 27.7 Å². The minimum Gasteiger partial charge on any atom is -0.391 e. The summed E-state index contributed by atoms with van der Waals surface area (Å²) < 4.78 is 33.7. The van der Waals surface area contributed by atoms with E-state index in [0.29, 0.717) is 29.5 Å². The molecule has 1 aliphatic carbocycles. The molecule has 3 heterocycles. The predicted molar refractivity (Wildman–Crippen MR) is 152 cm³/mol. The lowest BCUT2D eigenvalue weighted by molar-refractivity contribution is 0.0819. The SMILES string of the molecule is Cn1cc2c(-c3cc(F)c(Cn4cc(C(=O)N[C@H]5CCCCC[C@@H]5O)c5ncccc5c4=O)c(F)c3)cccc2n1. The molecule has 0 spiro atoms. The first kappa shape index (κ1) is 26.8. The van der Waals surface area contributed by atoms with E-state index in [-0.39, 0.29) is 22.0 Å². The number of aryl methyl sites for hydroxylation is 1. The Morgan fingerprint density at radius 3 is 2.63 bits per heavy atom. The molecule has 0 aliphatic heterocycles. The van der Waals surface area contributed by atoms with Crippen LogP contribution in [0.3, 0.4) is 0 Å². The van der Waals surface area contributed by atoms with Gasteiger partial charge in [-0.15, -0.1) is 0 Å². The number of hydrogen-bond donors (Lipinski definition) is 2. The lowest BCUT2D eigenvalue weighted by atomic mass is 9.99. The Hall–Kier alpha value is -4.44. The lowest BCUT2D eigenvalue weighted by Crippen LogP contribution is -2.43. The molecule has 10 heteroatoms. The molecule has 41 heavy (non-hydrogen) atoms. The van der Waals surface area contributed by atoms with Crippen LogP contribution < -0.4 is 10.9 Å². The van der Waals surface area contributed by atoms with Crippen molar-refractivity contribution in [3.05, 3.63) is 94.2 Å².